The highest BCUT2D eigenvalue weighted by Gasteiger charge is 2.11. The van der Waals surface area contributed by atoms with Gasteiger partial charge in [-0.3, -0.25) is 0 Å². The van der Waals surface area contributed by atoms with Gasteiger partial charge in [0.05, 0.1) is 0 Å². The molecule has 0 nitrogen and oxygen atoms in total. The third-order valence-corrected chi connectivity index (χ3v) is 5.73. The maximum Gasteiger partial charge on any atom is 0.00944 e. The summed E-state index contributed by atoms with van der Waals surface area (Å²) in [6.07, 6.45) is 15.9. The van der Waals surface area contributed by atoms with Gasteiger partial charge in [0.2, 0.25) is 0 Å². The van der Waals surface area contributed by atoms with Gasteiger partial charge in [-0.2, -0.15) is 0 Å². The van der Waals surface area contributed by atoms with E-state index >= 15 is 0 Å². The topological polar surface area (TPSA) is 0 Å². The Labute approximate surface area is 129 Å². The van der Waals surface area contributed by atoms with Crippen molar-refractivity contribution in [3.8, 4) is 0 Å². The lowest BCUT2D eigenvalue weighted by molar-refractivity contribution is 0.510. The first-order chi connectivity index (χ1) is 9.84. The molecular weight excluding hydrogens is 260 g/mol. The molecule has 0 heterocycles. The van der Waals surface area contributed by atoms with Gasteiger partial charge in [-0.25, -0.2) is 0 Å². The Morgan fingerprint density at radius 3 is 1.65 bits per heavy atom. The molecule has 0 atom stereocenters. The Bertz CT molecular complexity index is 343. The van der Waals surface area contributed by atoms with Crippen molar-refractivity contribution < 1.29 is 0 Å². The molecule has 0 N–H and O–H groups in total. The molecule has 1 aromatic rings. The maximum absolute atomic E-state index is 2.30. The van der Waals surface area contributed by atoms with Crippen LogP contribution in [0.15, 0.2) is 29.2 Å². The lowest BCUT2D eigenvalue weighted by Crippen LogP contribution is -2.03. The van der Waals surface area contributed by atoms with E-state index in [1.807, 2.05) is 0 Å². The van der Waals surface area contributed by atoms with Crippen LogP contribution >= 0.6 is 11.8 Å². The van der Waals surface area contributed by atoms with Crippen LogP contribution in [-0.4, -0.2) is 5.25 Å². The van der Waals surface area contributed by atoms with Crippen molar-refractivity contribution in [1.29, 1.82) is 0 Å². The van der Waals surface area contributed by atoms with Crippen LogP contribution in [0.2, 0.25) is 0 Å². The highest BCUT2D eigenvalue weighted by molar-refractivity contribution is 8.00. The summed E-state index contributed by atoms with van der Waals surface area (Å²) in [5.41, 5.74) is 1.37. The first kappa shape index (κ1) is 15.9. The van der Waals surface area contributed by atoms with Crippen LogP contribution in [0, 0.1) is 6.92 Å². The summed E-state index contributed by atoms with van der Waals surface area (Å²) in [5.74, 6) is 0. The molecule has 0 amide bonds. The van der Waals surface area contributed by atoms with Crippen LogP contribution in [-0.2, 0) is 0 Å². The fraction of sp³-hybridized carbons (Fsp3) is 0.684. The molecule has 0 bridgehead atoms. The van der Waals surface area contributed by atoms with Crippen LogP contribution in [0.4, 0.5) is 0 Å². The molecule has 0 aliphatic heterocycles. The number of aryl methyl sites for hydroxylation is 1. The molecule has 1 heteroatoms. The van der Waals surface area contributed by atoms with Gasteiger partial charge in [0, 0.05) is 10.1 Å². The van der Waals surface area contributed by atoms with Crippen LogP contribution in [0.3, 0.4) is 0 Å². The van der Waals surface area contributed by atoms with Gasteiger partial charge in [0.25, 0.3) is 0 Å². The van der Waals surface area contributed by atoms with E-state index in [0.717, 1.165) is 5.25 Å². The van der Waals surface area contributed by atoms with Crippen LogP contribution in [0.1, 0.15) is 76.2 Å². The Hall–Kier alpha value is -0.430. The second-order valence-electron chi connectivity index (χ2n) is 6.31. The van der Waals surface area contributed by atoms with E-state index in [9.17, 15) is 0 Å². The molecule has 0 radical (unpaired) electrons. The minimum Gasteiger partial charge on any atom is -0.123 e. The van der Waals surface area contributed by atoms with Crippen LogP contribution in [0.25, 0.3) is 0 Å². The van der Waals surface area contributed by atoms with Gasteiger partial charge >= 0.3 is 0 Å². The van der Waals surface area contributed by atoms with Gasteiger partial charge in [-0.1, -0.05) is 75.5 Å². The third kappa shape index (κ3) is 6.35. The molecular formula is C19H30S. The number of hydrogen-bond donors (Lipinski definition) is 0. The zero-order chi connectivity index (χ0) is 14.0. The molecule has 1 saturated carbocycles. The molecule has 0 saturated heterocycles. The lowest BCUT2D eigenvalue weighted by Gasteiger charge is -2.17. The van der Waals surface area contributed by atoms with Crippen molar-refractivity contribution in [2.75, 3.05) is 0 Å². The second kappa shape index (κ2) is 9.50. The zero-order valence-electron chi connectivity index (χ0n) is 13.1. The number of thioether (sulfide) groups is 1. The predicted octanol–water partition coefficient (Wildman–Crippen LogP) is 6.76. The van der Waals surface area contributed by atoms with E-state index in [0.29, 0.717) is 0 Å². The molecule has 0 spiro atoms. The molecule has 112 valence electrons. The normalized spacial score (nSPS) is 20.1. The Morgan fingerprint density at radius 2 is 1.15 bits per heavy atom. The van der Waals surface area contributed by atoms with E-state index in [1.54, 1.807) is 0 Å². The number of hydrogen-bond acceptors (Lipinski definition) is 1. The molecule has 20 heavy (non-hydrogen) atoms. The summed E-state index contributed by atoms with van der Waals surface area (Å²) < 4.78 is 0. The molecule has 0 aromatic heterocycles. The van der Waals surface area contributed by atoms with Gasteiger partial charge in [-0.15, -0.1) is 11.8 Å². The minimum atomic E-state index is 0.845. The van der Waals surface area contributed by atoms with Gasteiger partial charge < -0.3 is 0 Å². The quantitative estimate of drug-likeness (QED) is 0.579. The summed E-state index contributed by atoms with van der Waals surface area (Å²) in [6.45, 7) is 2.17. The highest BCUT2D eigenvalue weighted by atomic mass is 32.2. The highest BCUT2D eigenvalue weighted by Crippen LogP contribution is 2.31. The molecule has 1 aliphatic carbocycles. The van der Waals surface area contributed by atoms with E-state index in [1.165, 1.54) is 81.1 Å². The first-order valence-corrected chi connectivity index (χ1v) is 9.46. The summed E-state index contributed by atoms with van der Waals surface area (Å²) >= 11 is 2.12. The lowest BCUT2D eigenvalue weighted by atomic mass is 10.0. The fourth-order valence-electron chi connectivity index (χ4n) is 3.05. The SMILES string of the molecule is Cc1ccc(SC2CCCCCCCCCCC2)cc1. The van der Waals surface area contributed by atoms with Crippen molar-refractivity contribution in [1.82, 2.24) is 0 Å². The summed E-state index contributed by atoms with van der Waals surface area (Å²) in [4.78, 5) is 1.47. The van der Waals surface area contributed by atoms with Gasteiger partial charge in [0.1, 0.15) is 0 Å². The monoisotopic (exact) mass is 290 g/mol. The third-order valence-electron chi connectivity index (χ3n) is 4.38. The van der Waals surface area contributed by atoms with Crippen LogP contribution < -0.4 is 0 Å². The Morgan fingerprint density at radius 1 is 0.700 bits per heavy atom. The molecule has 2 rings (SSSR count). The number of rotatable bonds is 2. The van der Waals surface area contributed by atoms with Crippen molar-refractivity contribution >= 4 is 11.8 Å². The standard InChI is InChI=1S/C19H30S/c1-17-13-15-19(16-14-17)20-18-11-9-7-5-3-2-4-6-8-10-12-18/h13-16,18H,2-12H2,1H3. The van der Waals surface area contributed by atoms with E-state index in [2.05, 4.69) is 43.0 Å². The van der Waals surface area contributed by atoms with Crippen molar-refractivity contribution in [3.05, 3.63) is 29.8 Å². The van der Waals surface area contributed by atoms with Crippen molar-refractivity contribution in [2.45, 2.75) is 87.7 Å². The second-order valence-corrected chi connectivity index (χ2v) is 7.69. The van der Waals surface area contributed by atoms with Gasteiger partial charge in [0.15, 0.2) is 0 Å². The predicted molar refractivity (Wildman–Crippen MR) is 91.6 cm³/mol. The molecule has 1 aliphatic rings. The summed E-state index contributed by atoms with van der Waals surface area (Å²) in [6, 6.07) is 9.10. The van der Waals surface area contributed by atoms with Crippen molar-refractivity contribution in [2.24, 2.45) is 0 Å². The Kier molecular flexibility index (Phi) is 7.57. The van der Waals surface area contributed by atoms with E-state index in [-0.39, 0.29) is 0 Å². The van der Waals surface area contributed by atoms with E-state index < -0.39 is 0 Å². The van der Waals surface area contributed by atoms with Crippen LogP contribution in [0.5, 0.6) is 0 Å². The van der Waals surface area contributed by atoms with Gasteiger partial charge in [-0.05, 0) is 31.9 Å². The number of benzene rings is 1. The smallest absolute Gasteiger partial charge is 0.00944 e. The first-order valence-electron chi connectivity index (χ1n) is 8.58. The largest absolute Gasteiger partial charge is 0.123 e. The average molecular weight is 291 g/mol. The Balaban J connectivity index is 1.83. The maximum atomic E-state index is 2.30. The van der Waals surface area contributed by atoms with E-state index in [4.69, 9.17) is 0 Å². The summed E-state index contributed by atoms with van der Waals surface area (Å²) in [7, 11) is 0. The molecule has 1 fully saturated rings. The fourth-order valence-corrected chi connectivity index (χ4v) is 4.30. The molecule has 1 aromatic carbocycles. The molecule has 0 unspecified atom stereocenters. The zero-order valence-corrected chi connectivity index (χ0v) is 13.9. The van der Waals surface area contributed by atoms with Crippen molar-refractivity contribution in [3.63, 3.8) is 0 Å². The average Bonchev–Trinajstić information content (AvgIpc) is 2.44. The minimum absolute atomic E-state index is 0.845. The summed E-state index contributed by atoms with van der Waals surface area (Å²) in [5, 5.41) is 0.845.